The summed E-state index contributed by atoms with van der Waals surface area (Å²) in [5.74, 6) is -0.858. The van der Waals surface area contributed by atoms with Gasteiger partial charge in [0.25, 0.3) is 5.69 Å². The number of carboxylic acid groups (broad SMARTS) is 1. The van der Waals surface area contributed by atoms with E-state index in [4.69, 9.17) is 16.7 Å². The smallest absolute Gasteiger partial charge is 0.305 e. The first-order chi connectivity index (χ1) is 9.33. The second-order valence-electron chi connectivity index (χ2n) is 5.21. The number of nitro groups is 1. The number of nitrogens with one attached hydrogen (secondary N) is 1. The van der Waals surface area contributed by atoms with Crippen LogP contribution in [0.25, 0.3) is 0 Å². The Balaban J connectivity index is 2.27. The molecule has 108 valence electrons. The van der Waals surface area contributed by atoms with Crippen molar-refractivity contribution in [2.75, 3.05) is 5.32 Å². The van der Waals surface area contributed by atoms with E-state index in [0.717, 1.165) is 19.3 Å². The maximum atomic E-state index is 10.9. The summed E-state index contributed by atoms with van der Waals surface area (Å²) in [5.41, 5.74) is 0.727. The minimum absolute atomic E-state index is 0.0288. The lowest BCUT2D eigenvalue weighted by Gasteiger charge is -2.42. The molecule has 0 bridgehead atoms. The summed E-state index contributed by atoms with van der Waals surface area (Å²) in [7, 11) is 0. The van der Waals surface area contributed by atoms with Crippen LogP contribution in [0.5, 0.6) is 0 Å². The highest BCUT2D eigenvalue weighted by molar-refractivity contribution is 6.33. The van der Waals surface area contributed by atoms with Crippen molar-refractivity contribution >= 4 is 28.9 Å². The van der Waals surface area contributed by atoms with Crippen LogP contribution in [-0.2, 0) is 4.79 Å². The van der Waals surface area contributed by atoms with E-state index in [1.807, 2.05) is 0 Å². The molecule has 0 spiro atoms. The molecule has 6 nitrogen and oxygen atoms in total. The molecule has 1 aliphatic rings. The highest BCUT2D eigenvalue weighted by Gasteiger charge is 2.39. The zero-order chi connectivity index (χ0) is 14.9. The van der Waals surface area contributed by atoms with Crippen molar-refractivity contribution in [2.24, 2.45) is 0 Å². The average Bonchev–Trinajstić information content (AvgIpc) is 2.29. The van der Waals surface area contributed by atoms with E-state index in [1.165, 1.54) is 12.1 Å². The number of nitrogens with zero attached hydrogens (tertiary/aromatic N) is 1. The SMILES string of the molecule is Cc1cc([N+](=O)[O-])c(Cl)cc1NC1(CC(=O)O)CCC1. The molecule has 1 saturated carbocycles. The van der Waals surface area contributed by atoms with Gasteiger partial charge in [-0.2, -0.15) is 0 Å². The van der Waals surface area contributed by atoms with Gasteiger partial charge in [0.1, 0.15) is 5.02 Å². The van der Waals surface area contributed by atoms with Gasteiger partial charge in [0.15, 0.2) is 0 Å². The summed E-state index contributed by atoms with van der Waals surface area (Å²) in [6, 6.07) is 2.90. The van der Waals surface area contributed by atoms with Crippen LogP contribution in [0.15, 0.2) is 12.1 Å². The highest BCUT2D eigenvalue weighted by Crippen LogP contribution is 2.40. The minimum Gasteiger partial charge on any atom is -0.481 e. The molecule has 1 aliphatic carbocycles. The van der Waals surface area contributed by atoms with E-state index in [0.29, 0.717) is 11.3 Å². The first-order valence-corrected chi connectivity index (χ1v) is 6.65. The van der Waals surface area contributed by atoms with Crippen molar-refractivity contribution in [3.8, 4) is 0 Å². The molecule has 2 rings (SSSR count). The molecule has 20 heavy (non-hydrogen) atoms. The molecule has 1 aromatic rings. The molecule has 7 heteroatoms. The molecule has 0 aliphatic heterocycles. The summed E-state index contributed by atoms with van der Waals surface area (Å²) in [6.45, 7) is 1.73. The third-order valence-electron chi connectivity index (χ3n) is 3.69. The first kappa shape index (κ1) is 14.6. The number of aliphatic carboxylic acids is 1. The molecule has 0 heterocycles. The number of rotatable bonds is 5. The zero-order valence-corrected chi connectivity index (χ0v) is 11.7. The quantitative estimate of drug-likeness (QED) is 0.642. The molecule has 0 unspecified atom stereocenters. The third kappa shape index (κ3) is 2.85. The van der Waals surface area contributed by atoms with Gasteiger partial charge >= 0.3 is 5.97 Å². The van der Waals surface area contributed by atoms with Crippen LogP contribution in [0.1, 0.15) is 31.2 Å². The van der Waals surface area contributed by atoms with Gasteiger partial charge in [-0.1, -0.05) is 11.6 Å². The Morgan fingerprint density at radius 3 is 2.65 bits per heavy atom. The highest BCUT2D eigenvalue weighted by atomic mass is 35.5. The maximum Gasteiger partial charge on any atom is 0.305 e. The number of carboxylic acids is 1. The topological polar surface area (TPSA) is 92.5 Å². The van der Waals surface area contributed by atoms with Crippen molar-refractivity contribution in [3.63, 3.8) is 0 Å². The maximum absolute atomic E-state index is 10.9. The molecule has 0 saturated heterocycles. The van der Waals surface area contributed by atoms with Crippen molar-refractivity contribution < 1.29 is 14.8 Å². The normalized spacial score (nSPS) is 16.3. The molecule has 0 radical (unpaired) electrons. The van der Waals surface area contributed by atoms with Gasteiger partial charge in [0.05, 0.1) is 11.3 Å². The molecule has 1 fully saturated rings. The minimum atomic E-state index is -0.858. The average molecular weight is 299 g/mol. The lowest BCUT2D eigenvalue weighted by Crippen LogP contribution is -2.46. The van der Waals surface area contributed by atoms with Crippen LogP contribution in [0.4, 0.5) is 11.4 Å². The Labute approximate surface area is 120 Å². The summed E-state index contributed by atoms with van der Waals surface area (Å²) >= 11 is 5.89. The fraction of sp³-hybridized carbons (Fsp3) is 0.462. The van der Waals surface area contributed by atoms with Gasteiger partial charge < -0.3 is 10.4 Å². The number of nitro benzene ring substituents is 1. The van der Waals surface area contributed by atoms with Crippen LogP contribution in [-0.4, -0.2) is 21.5 Å². The molecule has 0 aromatic heterocycles. The second-order valence-corrected chi connectivity index (χ2v) is 5.61. The predicted octanol–water partition coefficient (Wildman–Crippen LogP) is 3.37. The van der Waals surface area contributed by atoms with Crippen LogP contribution < -0.4 is 5.32 Å². The van der Waals surface area contributed by atoms with E-state index in [1.54, 1.807) is 6.92 Å². The number of hydrogen-bond acceptors (Lipinski definition) is 4. The first-order valence-electron chi connectivity index (χ1n) is 6.27. The monoisotopic (exact) mass is 298 g/mol. The molecule has 0 amide bonds. The van der Waals surface area contributed by atoms with Crippen LogP contribution in [0.2, 0.25) is 5.02 Å². The molecular weight excluding hydrogens is 284 g/mol. The molecule has 1 aromatic carbocycles. The molecule has 0 atom stereocenters. The third-order valence-corrected chi connectivity index (χ3v) is 3.99. The summed E-state index contributed by atoms with van der Waals surface area (Å²) in [4.78, 5) is 21.2. The number of carbonyl (C=O) groups is 1. The fourth-order valence-electron chi connectivity index (χ4n) is 2.47. The Hall–Kier alpha value is -1.82. The summed E-state index contributed by atoms with van der Waals surface area (Å²) < 4.78 is 0. The Bertz CT molecular complexity index is 570. The number of benzene rings is 1. The second kappa shape index (κ2) is 5.28. The lowest BCUT2D eigenvalue weighted by molar-refractivity contribution is -0.384. The largest absolute Gasteiger partial charge is 0.481 e. The predicted molar refractivity (Wildman–Crippen MR) is 75.3 cm³/mol. The van der Waals surface area contributed by atoms with Gasteiger partial charge in [-0.3, -0.25) is 14.9 Å². The summed E-state index contributed by atoms with van der Waals surface area (Å²) in [6.07, 6.45) is 2.54. The van der Waals surface area contributed by atoms with E-state index >= 15 is 0 Å². The van der Waals surface area contributed by atoms with Crippen molar-refractivity contribution in [1.29, 1.82) is 0 Å². The van der Waals surface area contributed by atoms with Crippen molar-refractivity contribution in [2.45, 2.75) is 38.1 Å². The van der Waals surface area contributed by atoms with E-state index in [-0.39, 0.29) is 17.1 Å². The fourth-order valence-corrected chi connectivity index (χ4v) is 2.70. The van der Waals surface area contributed by atoms with Crippen LogP contribution >= 0.6 is 11.6 Å². The van der Waals surface area contributed by atoms with E-state index in [2.05, 4.69) is 5.32 Å². The van der Waals surface area contributed by atoms with Crippen LogP contribution in [0, 0.1) is 17.0 Å². The Kier molecular flexibility index (Phi) is 3.85. The zero-order valence-electron chi connectivity index (χ0n) is 11.0. The Morgan fingerprint density at radius 1 is 1.55 bits per heavy atom. The van der Waals surface area contributed by atoms with Crippen molar-refractivity contribution in [1.82, 2.24) is 0 Å². The van der Waals surface area contributed by atoms with Gasteiger partial charge in [0, 0.05) is 17.3 Å². The van der Waals surface area contributed by atoms with Crippen molar-refractivity contribution in [3.05, 3.63) is 32.8 Å². The van der Waals surface area contributed by atoms with Gasteiger partial charge in [0.2, 0.25) is 0 Å². The van der Waals surface area contributed by atoms with E-state index < -0.39 is 16.4 Å². The van der Waals surface area contributed by atoms with Gasteiger partial charge in [-0.05, 0) is 37.8 Å². The molecular formula is C13H15ClN2O4. The number of anilines is 1. The standard InChI is InChI=1S/C13H15ClN2O4/c1-8-5-11(16(19)20)9(14)6-10(8)15-13(3-2-4-13)7-12(17)18/h5-6,15H,2-4,7H2,1H3,(H,17,18). The Morgan fingerprint density at radius 2 is 2.20 bits per heavy atom. The van der Waals surface area contributed by atoms with Gasteiger partial charge in [-0.15, -0.1) is 0 Å². The lowest BCUT2D eigenvalue weighted by atomic mass is 9.74. The van der Waals surface area contributed by atoms with E-state index in [9.17, 15) is 14.9 Å². The number of hydrogen-bond donors (Lipinski definition) is 2. The van der Waals surface area contributed by atoms with Gasteiger partial charge in [-0.25, -0.2) is 0 Å². The summed E-state index contributed by atoms with van der Waals surface area (Å²) in [5, 5.41) is 23.0. The van der Waals surface area contributed by atoms with Crippen LogP contribution in [0.3, 0.4) is 0 Å². The molecule has 2 N–H and O–H groups in total. The number of halogens is 1. The number of aryl methyl sites for hydroxylation is 1.